The van der Waals surface area contributed by atoms with Gasteiger partial charge < -0.3 is 10.4 Å². The van der Waals surface area contributed by atoms with Crippen LogP contribution in [0.15, 0.2) is 76.1 Å². The first kappa shape index (κ1) is 24.7. The second-order valence-electron chi connectivity index (χ2n) is 7.51. The number of amides is 1. The lowest BCUT2D eigenvalue weighted by atomic mass is 9.97. The molecule has 4 rings (SSSR count). The van der Waals surface area contributed by atoms with Crippen LogP contribution in [0.1, 0.15) is 26.3 Å². The van der Waals surface area contributed by atoms with Crippen molar-refractivity contribution in [3.63, 3.8) is 0 Å². The Bertz CT molecular complexity index is 1460. The molecule has 0 fully saturated rings. The monoisotopic (exact) mass is 560 g/mol. The van der Waals surface area contributed by atoms with Gasteiger partial charge in [0.1, 0.15) is 0 Å². The smallest absolute Gasteiger partial charge is 0.446 e. The van der Waals surface area contributed by atoms with Crippen molar-refractivity contribution in [2.45, 2.75) is 17.3 Å². The molecule has 0 spiro atoms. The van der Waals surface area contributed by atoms with E-state index in [1.807, 2.05) is 30.3 Å². The Morgan fingerprint density at radius 2 is 1.74 bits per heavy atom. The Labute approximate surface area is 210 Å². The Morgan fingerprint density at radius 1 is 1.03 bits per heavy atom. The summed E-state index contributed by atoms with van der Waals surface area (Å²) in [4.78, 5) is 29.1. The normalized spacial score (nSPS) is 11.5. The number of hydrogen-bond donors (Lipinski definition) is 2. The van der Waals surface area contributed by atoms with Crippen molar-refractivity contribution in [2.75, 3.05) is 5.32 Å². The molecule has 0 atom stereocenters. The van der Waals surface area contributed by atoms with Gasteiger partial charge in [0.2, 0.25) is 0 Å². The van der Waals surface area contributed by atoms with Crippen molar-refractivity contribution in [1.29, 1.82) is 0 Å². The molecule has 178 valence electrons. The number of fused-ring (bicyclic) bond motifs is 1. The maximum Gasteiger partial charge on any atom is 0.446 e. The highest BCUT2D eigenvalue weighted by atomic mass is 79.9. The molecule has 0 saturated heterocycles. The van der Waals surface area contributed by atoms with Crippen molar-refractivity contribution in [3.8, 4) is 11.3 Å². The number of rotatable bonds is 5. The zero-order chi connectivity index (χ0) is 25.3. The van der Waals surface area contributed by atoms with Crippen LogP contribution in [0.25, 0.3) is 22.2 Å². The van der Waals surface area contributed by atoms with Crippen LogP contribution in [0.2, 0.25) is 0 Å². The van der Waals surface area contributed by atoms with Gasteiger partial charge in [-0.2, -0.15) is 13.2 Å². The topological polar surface area (TPSA) is 79.3 Å². The van der Waals surface area contributed by atoms with E-state index < -0.39 is 34.0 Å². The van der Waals surface area contributed by atoms with Crippen LogP contribution in [0.3, 0.4) is 0 Å². The molecular formula is C25H16BrF3N2O3S. The fourth-order valence-electron chi connectivity index (χ4n) is 3.65. The molecule has 0 radical (unpaired) electrons. The Hall–Kier alpha value is -3.37. The van der Waals surface area contributed by atoms with Gasteiger partial charge in [0.25, 0.3) is 5.91 Å². The van der Waals surface area contributed by atoms with E-state index in [9.17, 15) is 27.9 Å². The molecule has 0 aliphatic carbocycles. The number of pyridine rings is 1. The second-order valence-corrected chi connectivity index (χ2v) is 9.53. The van der Waals surface area contributed by atoms with Crippen LogP contribution in [-0.2, 0) is 0 Å². The van der Waals surface area contributed by atoms with Gasteiger partial charge in [-0.1, -0.05) is 46.3 Å². The predicted molar refractivity (Wildman–Crippen MR) is 133 cm³/mol. The minimum absolute atomic E-state index is 0.150. The second kappa shape index (κ2) is 9.71. The van der Waals surface area contributed by atoms with Crippen LogP contribution in [0, 0.1) is 6.92 Å². The molecule has 4 aromatic rings. The number of carboxylic acids is 1. The quantitative estimate of drug-likeness (QED) is 0.246. The summed E-state index contributed by atoms with van der Waals surface area (Å²) in [7, 11) is 0. The number of halogens is 4. The number of thioether (sulfide) groups is 1. The Kier molecular flexibility index (Phi) is 6.86. The molecule has 10 heteroatoms. The van der Waals surface area contributed by atoms with Crippen LogP contribution in [0.5, 0.6) is 0 Å². The first-order chi connectivity index (χ1) is 16.5. The number of nitrogens with one attached hydrogen (secondary N) is 1. The zero-order valence-electron chi connectivity index (χ0n) is 18.0. The van der Waals surface area contributed by atoms with E-state index in [2.05, 4.69) is 21.2 Å². The molecule has 3 aromatic carbocycles. The molecule has 1 amide bonds. The minimum atomic E-state index is -4.68. The molecule has 5 nitrogen and oxygen atoms in total. The van der Waals surface area contributed by atoms with Crippen molar-refractivity contribution in [3.05, 3.63) is 87.9 Å². The van der Waals surface area contributed by atoms with Gasteiger partial charge in [-0.05, 0) is 60.6 Å². The fraction of sp³-hybridized carbons (Fsp3) is 0.0800. The summed E-state index contributed by atoms with van der Waals surface area (Å²) >= 11 is 2.90. The number of aromatic nitrogens is 1. The number of carbonyl (C=O) groups is 2. The standard InChI is InChI=1S/C25H16BrF3N2O3S/c1-13-21(17-12-16(26)8-10-18(17)30-22(13)14-5-3-2-4-6-14)23(32)31-19-9-7-15(24(33)34)11-20(19)35-25(27,28)29/h2-12H,1H3,(H,31,32)(H,33,34). The molecule has 1 aromatic heterocycles. The molecule has 2 N–H and O–H groups in total. The summed E-state index contributed by atoms with van der Waals surface area (Å²) in [6.07, 6.45) is 0. The fourth-order valence-corrected chi connectivity index (χ4v) is 4.68. The summed E-state index contributed by atoms with van der Waals surface area (Å²) < 4.78 is 40.2. The summed E-state index contributed by atoms with van der Waals surface area (Å²) in [5, 5.41) is 12.3. The summed E-state index contributed by atoms with van der Waals surface area (Å²) in [5.74, 6) is -2.02. The maximum absolute atomic E-state index is 13.5. The van der Waals surface area contributed by atoms with E-state index in [0.717, 1.165) is 23.8 Å². The van der Waals surface area contributed by atoms with Gasteiger partial charge in [-0.3, -0.25) is 4.79 Å². The Morgan fingerprint density at radius 3 is 2.40 bits per heavy atom. The third-order valence-corrected chi connectivity index (χ3v) is 6.45. The number of nitrogens with zero attached hydrogens (tertiary/aromatic N) is 1. The largest absolute Gasteiger partial charge is 0.478 e. The lowest BCUT2D eigenvalue weighted by Crippen LogP contribution is -2.16. The van der Waals surface area contributed by atoms with E-state index >= 15 is 0 Å². The number of alkyl halides is 3. The number of aromatic carboxylic acids is 1. The van der Waals surface area contributed by atoms with Crippen LogP contribution < -0.4 is 5.32 Å². The number of benzene rings is 3. The molecule has 0 aliphatic rings. The van der Waals surface area contributed by atoms with Gasteiger partial charge in [-0.25, -0.2) is 9.78 Å². The Balaban J connectivity index is 1.86. The SMILES string of the molecule is Cc1c(-c2ccccc2)nc2ccc(Br)cc2c1C(=O)Nc1ccc(C(=O)O)cc1SC(F)(F)F. The highest BCUT2D eigenvalue weighted by Gasteiger charge is 2.31. The zero-order valence-corrected chi connectivity index (χ0v) is 20.4. The molecule has 0 unspecified atom stereocenters. The van der Waals surface area contributed by atoms with E-state index in [1.54, 1.807) is 25.1 Å². The molecule has 35 heavy (non-hydrogen) atoms. The van der Waals surface area contributed by atoms with Gasteiger partial charge in [-0.15, -0.1) is 0 Å². The molecule has 1 heterocycles. The predicted octanol–water partition coefficient (Wildman–Crippen LogP) is 7.54. The number of anilines is 1. The van der Waals surface area contributed by atoms with Crippen LogP contribution in [0.4, 0.5) is 18.9 Å². The first-order valence-electron chi connectivity index (χ1n) is 10.1. The first-order valence-corrected chi connectivity index (χ1v) is 11.7. The van der Waals surface area contributed by atoms with Crippen LogP contribution in [-0.4, -0.2) is 27.5 Å². The maximum atomic E-state index is 13.5. The summed E-state index contributed by atoms with van der Waals surface area (Å²) in [5.41, 5.74) is -2.47. The van der Waals surface area contributed by atoms with E-state index in [1.165, 1.54) is 0 Å². The van der Waals surface area contributed by atoms with Crippen LogP contribution >= 0.6 is 27.7 Å². The highest BCUT2D eigenvalue weighted by molar-refractivity contribution is 9.10. The van der Waals surface area contributed by atoms with E-state index in [-0.39, 0.29) is 16.8 Å². The molecular weight excluding hydrogens is 545 g/mol. The molecule has 0 aliphatic heterocycles. The van der Waals surface area contributed by atoms with E-state index in [0.29, 0.717) is 26.6 Å². The van der Waals surface area contributed by atoms with E-state index in [4.69, 9.17) is 4.98 Å². The third kappa shape index (κ3) is 5.49. The van der Waals surface area contributed by atoms with Crippen molar-refractivity contribution < 1.29 is 27.9 Å². The lowest BCUT2D eigenvalue weighted by Gasteiger charge is -2.17. The lowest BCUT2D eigenvalue weighted by molar-refractivity contribution is -0.0328. The van der Waals surface area contributed by atoms with Gasteiger partial charge in [0.05, 0.1) is 28.0 Å². The number of carbonyl (C=O) groups excluding carboxylic acids is 1. The van der Waals surface area contributed by atoms with Gasteiger partial charge in [0, 0.05) is 20.3 Å². The highest BCUT2D eigenvalue weighted by Crippen LogP contribution is 2.41. The summed E-state index contributed by atoms with van der Waals surface area (Å²) in [6, 6.07) is 17.7. The van der Waals surface area contributed by atoms with Crippen molar-refractivity contribution in [1.82, 2.24) is 4.98 Å². The van der Waals surface area contributed by atoms with Gasteiger partial charge in [0.15, 0.2) is 0 Å². The number of hydrogen-bond acceptors (Lipinski definition) is 4. The molecule has 0 saturated carbocycles. The van der Waals surface area contributed by atoms with Crippen molar-refractivity contribution >= 4 is 56.2 Å². The van der Waals surface area contributed by atoms with Crippen molar-refractivity contribution in [2.24, 2.45) is 0 Å². The third-order valence-electron chi connectivity index (χ3n) is 5.17. The number of carboxylic acid groups (broad SMARTS) is 1. The van der Waals surface area contributed by atoms with Gasteiger partial charge >= 0.3 is 11.5 Å². The molecule has 0 bridgehead atoms. The minimum Gasteiger partial charge on any atom is -0.478 e. The average molecular weight is 561 g/mol. The summed E-state index contributed by atoms with van der Waals surface area (Å²) in [6.45, 7) is 1.73. The average Bonchev–Trinajstić information content (AvgIpc) is 2.79.